The number of halogens is 1. The van der Waals surface area contributed by atoms with Crippen LogP contribution in [0.5, 0.6) is 0 Å². The molecule has 0 fully saturated rings. The Kier molecular flexibility index (Phi) is 6.95. The van der Waals surface area contributed by atoms with Crippen LogP contribution in [0.4, 0.5) is 0 Å². The molecule has 0 nitrogen and oxygen atoms in total. The van der Waals surface area contributed by atoms with E-state index in [2.05, 4.69) is 36.2 Å². The second-order valence-electron chi connectivity index (χ2n) is 2.41. The fourth-order valence-corrected chi connectivity index (χ4v) is 1.07. The Bertz CT molecular complexity index is 50.5. The van der Waals surface area contributed by atoms with Crippen LogP contribution in [-0.2, 0) is 0 Å². The molecule has 55 valence electrons. The van der Waals surface area contributed by atoms with Crippen LogP contribution in [0.1, 0.15) is 39.5 Å². The lowest BCUT2D eigenvalue weighted by atomic mass is 10.1. The van der Waals surface area contributed by atoms with Crippen LogP contribution in [0.2, 0.25) is 0 Å². The van der Waals surface area contributed by atoms with Crippen LogP contribution in [0.3, 0.4) is 0 Å². The largest absolute Gasteiger partial charge is 0.0894 e. The van der Waals surface area contributed by atoms with Gasteiger partial charge in [0.2, 0.25) is 0 Å². The molecule has 0 aliphatic heterocycles. The second-order valence-corrected chi connectivity index (χ2v) is 3.97. The fraction of sp³-hybridized carbons (Fsp3) is 0.875. The Balaban J connectivity index is 2.75. The van der Waals surface area contributed by atoms with Crippen molar-refractivity contribution in [2.24, 2.45) is 0 Å². The highest BCUT2D eigenvalue weighted by Crippen LogP contribution is 2.09. The van der Waals surface area contributed by atoms with E-state index in [0.29, 0.717) is 4.83 Å². The normalized spacial score (nSPS) is 13.7. The summed E-state index contributed by atoms with van der Waals surface area (Å²) in [4.78, 5) is 0.697. The summed E-state index contributed by atoms with van der Waals surface area (Å²) >= 11 is 3.51. The summed E-state index contributed by atoms with van der Waals surface area (Å²) in [6, 6.07) is 0. The molecule has 0 aromatic heterocycles. The van der Waals surface area contributed by atoms with Crippen molar-refractivity contribution >= 4 is 15.9 Å². The third-order valence-electron chi connectivity index (χ3n) is 1.30. The minimum atomic E-state index is 0.697. The van der Waals surface area contributed by atoms with Gasteiger partial charge in [-0.1, -0.05) is 49.0 Å². The van der Waals surface area contributed by atoms with Gasteiger partial charge in [0.25, 0.3) is 0 Å². The highest BCUT2D eigenvalue weighted by Gasteiger charge is 1.93. The van der Waals surface area contributed by atoms with Crippen LogP contribution in [0.25, 0.3) is 0 Å². The van der Waals surface area contributed by atoms with Crippen molar-refractivity contribution in [3.05, 3.63) is 6.42 Å². The molecule has 0 spiro atoms. The van der Waals surface area contributed by atoms with Gasteiger partial charge in [-0.2, -0.15) is 0 Å². The summed E-state index contributed by atoms with van der Waals surface area (Å²) in [7, 11) is 0. The number of unbranched alkanes of at least 4 members (excludes halogenated alkanes) is 3. The van der Waals surface area contributed by atoms with Crippen LogP contribution in [0.15, 0.2) is 0 Å². The molecule has 0 N–H and O–H groups in total. The molecule has 0 aliphatic rings. The SMILES string of the molecule is CC[CH]CCCC(C)Br. The maximum absolute atomic E-state index is 3.51. The molecule has 1 heteroatoms. The van der Waals surface area contributed by atoms with Gasteiger partial charge >= 0.3 is 0 Å². The van der Waals surface area contributed by atoms with Gasteiger partial charge in [0.1, 0.15) is 0 Å². The Hall–Kier alpha value is 0.480. The molecular formula is C8H16Br. The first kappa shape index (κ1) is 9.48. The standard InChI is InChI=1S/C8H16Br/c1-3-4-5-6-7-8(2)9/h4,8H,3,5-7H2,1-2H3. The third kappa shape index (κ3) is 8.48. The molecule has 1 radical (unpaired) electrons. The minimum absolute atomic E-state index is 0.697. The Morgan fingerprint density at radius 2 is 2.22 bits per heavy atom. The van der Waals surface area contributed by atoms with E-state index in [4.69, 9.17) is 0 Å². The van der Waals surface area contributed by atoms with Gasteiger partial charge < -0.3 is 0 Å². The lowest BCUT2D eigenvalue weighted by Gasteiger charge is -2.00. The lowest BCUT2D eigenvalue weighted by Crippen LogP contribution is -1.88. The summed E-state index contributed by atoms with van der Waals surface area (Å²) < 4.78 is 0. The zero-order valence-corrected chi connectivity index (χ0v) is 7.95. The van der Waals surface area contributed by atoms with Crippen molar-refractivity contribution in [1.29, 1.82) is 0 Å². The predicted molar refractivity (Wildman–Crippen MR) is 46.8 cm³/mol. The van der Waals surface area contributed by atoms with E-state index < -0.39 is 0 Å². The molecule has 1 unspecified atom stereocenters. The fourth-order valence-electron chi connectivity index (χ4n) is 0.748. The van der Waals surface area contributed by atoms with Crippen molar-refractivity contribution in [3.63, 3.8) is 0 Å². The first-order chi connectivity index (χ1) is 4.27. The zero-order valence-electron chi connectivity index (χ0n) is 6.36. The zero-order chi connectivity index (χ0) is 7.11. The maximum Gasteiger partial charge on any atom is 0.0117 e. The molecule has 0 bridgehead atoms. The number of rotatable bonds is 5. The molecule has 0 saturated heterocycles. The molecule has 0 rings (SSSR count). The van der Waals surface area contributed by atoms with E-state index in [0.717, 1.165) is 0 Å². The van der Waals surface area contributed by atoms with Crippen LogP contribution in [0, 0.1) is 6.42 Å². The molecule has 0 aliphatic carbocycles. The summed E-state index contributed by atoms with van der Waals surface area (Å²) in [6.45, 7) is 4.39. The van der Waals surface area contributed by atoms with Gasteiger partial charge in [-0.15, -0.1) is 0 Å². The average Bonchev–Trinajstić information content (AvgIpc) is 1.80. The van der Waals surface area contributed by atoms with Gasteiger partial charge in [0, 0.05) is 4.83 Å². The summed E-state index contributed by atoms with van der Waals surface area (Å²) in [5, 5.41) is 0. The minimum Gasteiger partial charge on any atom is -0.0894 e. The van der Waals surface area contributed by atoms with Crippen LogP contribution in [-0.4, -0.2) is 4.83 Å². The van der Waals surface area contributed by atoms with E-state index >= 15 is 0 Å². The molecular weight excluding hydrogens is 176 g/mol. The second kappa shape index (κ2) is 6.60. The van der Waals surface area contributed by atoms with Gasteiger partial charge in [0.15, 0.2) is 0 Å². The predicted octanol–water partition coefficient (Wildman–Crippen LogP) is 3.55. The number of alkyl halides is 1. The highest BCUT2D eigenvalue weighted by atomic mass is 79.9. The molecule has 0 heterocycles. The van der Waals surface area contributed by atoms with Gasteiger partial charge in [-0.3, -0.25) is 0 Å². The van der Waals surface area contributed by atoms with Crippen molar-refractivity contribution in [2.75, 3.05) is 0 Å². The highest BCUT2D eigenvalue weighted by molar-refractivity contribution is 9.09. The molecule has 0 aromatic rings. The van der Waals surface area contributed by atoms with Crippen molar-refractivity contribution in [3.8, 4) is 0 Å². The van der Waals surface area contributed by atoms with E-state index in [1.54, 1.807) is 0 Å². The lowest BCUT2D eigenvalue weighted by molar-refractivity contribution is 0.715. The Labute approximate surface area is 67.2 Å². The van der Waals surface area contributed by atoms with E-state index in [-0.39, 0.29) is 0 Å². The maximum atomic E-state index is 3.51. The van der Waals surface area contributed by atoms with Gasteiger partial charge in [-0.25, -0.2) is 0 Å². The molecule has 1 atom stereocenters. The number of hydrogen-bond donors (Lipinski definition) is 0. The molecule has 0 amide bonds. The number of hydrogen-bond acceptors (Lipinski definition) is 0. The van der Waals surface area contributed by atoms with E-state index in [9.17, 15) is 0 Å². The smallest absolute Gasteiger partial charge is 0.0117 e. The molecule has 0 aromatic carbocycles. The van der Waals surface area contributed by atoms with E-state index in [1.807, 2.05) is 0 Å². The molecule has 0 saturated carbocycles. The summed E-state index contributed by atoms with van der Waals surface area (Å²) in [5.74, 6) is 0. The third-order valence-corrected chi connectivity index (χ3v) is 1.76. The molecule has 9 heavy (non-hydrogen) atoms. The van der Waals surface area contributed by atoms with Crippen molar-refractivity contribution in [1.82, 2.24) is 0 Å². The monoisotopic (exact) mass is 191 g/mol. The summed E-state index contributed by atoms with van der Waals surface area (Å²) in [5.41, 5.74) is 0. The van der Waals surface area contributed by atoms with Crippen LogP contribution < -0.4 is 0 Å². The van der Waals surface area contributed by atoms with Crippen LogP contribution >= 0.6 is 15.9 Å². The topological polar surface area (TPSA) is 0 Å². The average molecular weight is 192 g/mol. The van der Waals surface area contributed by atoms with Gasteiger partial charge in [-0.05, 0) is 12.8 Å². The Morgan fingerprint density at radius 1 is 1.56 bits per heavy atom. The first-order valence-corrected chi connectivity index (χ1v) is 4.64. The van der Waals surface area contributed by atoms with Crippen molar-refractivity contribution in [2.45, 2.75) is 44.4 Å². The van der Waals surface area contributed by atoms with E-state index in [1.165, 1.54) is 25.7 Å². The van der Waals surface area contributed by atoms with Gasteiger partial charge in [0.05, 0.1) is 0 Å². The quantitative estimate of drug-likeness (QED) is 0.461. The van der Waals surface area contributed by atoms with Crippen molar-refractivity contribution < 1.29 is 0 Å². The summed E-state index contributed by atoms with van der Waals surface area (Å²) in [6.07, 6.45) is 7.48. The Morgan fingerprint density at radius 3 is 2.67 bits per heavy atom. The first-order valence-electron chi connectivity index (χ1n) is 3.73.